The van der Waals surface area contributed by atoms with Gasteiger partial charge in [0.15, 0.2) is 0 Å². The van der Waals surface area contributed by atoms with Crippen molar-refractivity contribution < 1.29 is 18.3 Å². The molecule has 0 aliphatic rings. The fraction of sp³-hybridized carbons (Fsp3) is 0.364. The number of nitrogens with zero attached hydrogens (tertiary/aromatic N) is 1. The predicted octanol–water partition coefficient (Wildman–Crippen LogP) is 2.69. The van der Waals surface area contributed by atoms with Gasteiger partial charge in [-0.1, -0.05) is 18.2 Å². The number of aliphatic hydroxyl groups is 1. The lowest BCUT2D eigenvalue weighted by atomic mass is 9.91. The molecule has 2 unspecified atom stereocenters. The summed E-state index contributed by atoms with van der Waals surface area (Å²) >= 11 is 0. The minimum Gasteiger partial charge on any atom is -0.392 e. The standard InChI is InChI=1S/C11H10F3NO/c1-7(16)9(6-15)8-4-2-3-5-10(8)11(12,13)14/h2-5,7,9,16H,1H3. The molecule has 16 heavy (non-hydrogen) atoms. The Balaban J connectivity index is 3.29. The van der Waals surface area contributed by atoms with Gasteiger partial charge in [-0.3, -0.25) is 0 Å². The van der Waals surface area contributed by atoms with Crippen LogP contribution in [-0.4, -0.2) is 11.2 Å². The zero-order chi connectivity index (χ0) is 12.3. The van der Waals surface area contributed by atoms with E-state index in [-0.39, 0.29) is 5.56 Å². The molecular weight excluding hydrogens is 219 g/mol. The van der Waals surface area contributed by atoms with Gasteiger partial charge >= 0.3 is 6.18 Å². The highest BCUT2D eigenvalue weighted by molar-refractivity contribution is 5.36. The molecule has 0 fully saturated rings. The highest BCUT2D eigenvalue weighted by atomic mass is 19.4. The van der Waals surface area contributed by atoms with Crippen LogP contribution in [-0.2, 0) is 6.18 Å². The van der Waals surface area contributed by atoms with Gasteiger partial charge in [0.25, 0.3) is 0 Å². The molecule has 0 aliphatic carbocycles. The third-order valence-corrected chi connectivity index (χ3v) is 2.22. The molecule has 0 heterocycles. The molecule has 5 heteroatoms. The van der Waals surface area contributed by atoms with Gasteiger partial charge in [0.1, 0.15) is 0 Å². The van der Waals surface area contributed by atoms with E-state index in [1.165, 1.54) is 25.1 Å². The molecule has 2 atom stereocenters. The third-order valence-electron chi connectivity index (χ3n) is 2.22. The van der Waals surface area contributed by atoms with Crippen LogP contribution in [0, 0.1) is 11.3 Å². The van der Waals surface area contributed by atoms with Crippen LogP contribution >= 0.6 is 0 Å². The van der Waals surface area contributed by atoms with E-state index < -0.39 is 23.8 Å². The average molecular weight is 229 g/mol. The van der Waals surface area contributed by atoms with Crippen molar-refractivity contribution in [2.45, 2.75) is 25.1 Å². The molecule has 0 bridgehead atoms. The molecule has 1 aromatic rings. The van der Waals surface area contributed by atoms with E-state index >= 15 is 0 Å². The third kappa shape index (κ3) is 2.52. The zero-order valence-electron chi connectivity index (χ0n) is 8.49. The fourth-order valence-electron chi connectivity index (χ4n) is 1.46. The van der Waals surface area contributed by atoms with Crippen LogP contribution in [0.1, 0.15) is 24.0 Å². The summed E-state index contributed by atoms with van der Waals surface area (Å²) in [7, 11) is 0. The first-order chi connectivity index (χ1) is 7.38. The van der Waals surface area contributed by atoms with Crippen LogP contribution < -0.4 is 0 Å². The highest BCUT2D eigenvalue weighted by Gasteiger charge is 2.35. The lowest BCUT2D eigenvalue weighted by Crippen LogP contribution is -2.18. The van der Waals surface area contributed by atoms with Crippen molar-refractivity contribution >= 4 is 0 Å². The summed E-state index contributed by atoms with van der Waals surface area (Å²) in [6.45, 7) is 1.29. The monoisotopic (exact) mass is 229 g/mol. The van der Waals surface area contributed by atoms with Gasteiger partial charge < -0.3 is 5.11 Å². The van der Waals surface area contributed by atoms with Crippen molar-refractivity contribution in [1.82, 2.24) is 0 Å². The SMILES string of the molecule is CC(O)C(C#N)c1ccccc1C(F)(F)F. The quantitative estimate of drug-likeness (QED) is 0.847. The number of aliphatic hydroxyl groups excluding tert-OH is 1. The Kier molecular flexibility index (Phi) is 3.55. The number of alkyl halides is 3. The van der Waals surface area contributed by atoms with Gasteiger partial charge in [0.05, 0.1) is 23.7 Å². The maximum atomic E-state index is 12.6. The van der Waals surface area contributed by atoms with E-state index in [4.69, 9.17) is 5.26 Å². The van der Waals surface area contributed by atoms with E-state index in [0.29, 0.717) is 0 Å². The van der Waals surface area contributed by atoms with Crippen molar-refractivity contribution in [3.8, 4) is 6.07 Å². The smallest absolute Gasteiger partial charge is 0.392 e. The summed E-state index contributed by atoms with van der Waals surface area (Å²) in [6.07, 6.45) is -5.66. The normalized spacial score (nSPS) is 15.2. The molecule has 1 rings (SSSR count). The average Bonchev–Trinajstić information content (AvgIpc) is 2.17. The topological polar surface area (TPSA) is 44.0 Å². The van der Waals surface area contributed by atoms with Crippen molar-refractivity contribution in [2.24, 2.45) is 0 Å². The van der Waals surface area contributed by atoms with Crippen LogP contribution in [0.25, 0.3) is 0 Å². The van der Waals surface area contributed by atoms with Crippen LogP contribution in [0.15, 0.2) is 24.3 Å². The number of nitriles is 1. The van der Waals surface area contributed by atoms with Crippen molar-refractivity contribution in [2.75, 3.05) is 0 Å². The Labute approximate surface area is 90.9 Å². The van der Waals surface area contributed by atoms with Crippen LogP contribution in [0.4, 0.5) is 13.2 Å². The fourth-order valence-corrected chi connectivity index (χ4v) is 1.46. The Morgan fingerprint density at radius 1 is 1.31 bits per heavy atom. The van der Waals surface area contributed by atoms with Crippen LogP contribution in [0.5, 0.6) is 0 Å². The number of halogens is 3. The molecule has 0 saturated heterocycles. The molecule has 0 spiro atoms. The van der Waals surface area contributed by atoms with E-state index in [1.54, 1.807) is 6.07 Å². The highest BCUT2D eigenvalue weighted by Crippen LogP contribution is 2.35. The number of rotatable bonds is 2. The van der Waals surface area contributed by atoms with Crippen molar-refractivity contribution in [3.63, 3.8) is 0 Å². The lowest BCUT2D eigenvalue weighted by Gasteiger charge is -2.18. The Morgan fingerprint density at radius 2 is 1.88 bits per heavy atom. The molecule has 0 aliphatic heterocycles. The largest absolute Gasteiger partial charge is 0.416 e. The first-order valence-corrected chi connectivity index (χ1v) is 4.61. The predicted molar refractivity (Wildman–Crippen MR) is 51.5 cm³/mol. The summed E-state index contributed by atoms with van der Waals surface area (Å²) in [5, 5.41) is 18.0. The summed E-state index contributed by atoms with van der Waals surface area (Å²) in [5.74, 6) is -1.17. The van der Waals surface area contributed by atoms with E-state index in [2.05, 4.69) is 0 Å². The Hall–Kier alpha value is -1.54. The molecule has 0 aromatic heterocycles. The summed E-state index contributed by atoms with van der Waals surface area (Å²) < 4.78 is 37.9. The number of benzene rings is 1. The second-order valence-corrected chi connectivity index (χ2v) is 3.43. The van der Waals surface area contributed by atoms with Crippen LogP contribution in [0.2, 0.25) is 0 Å². The molecule has 0 amide bonds. The van der Waals surface area contributed by atoms with E-state index in [9.17, 15) is 18.3 Å². The van der Waals surface area contributed by atoms with Crippen LogP contribution in [0.3, 0.4) is 0 Å². The number of hydrogen-bond donors (Lipinski definition) is 1. The maximum absolute atomic E-state index is 12.6. The summed E-state index contributed by atoms with van der Waals surface area (Å²) in [5.41, 5.74) is -1.06. The first kappa shape index (κ1) is 12.5. The Morgan fingerprint density at radius 3 is 2.31 bits per heavy atom. The molecule has 2 nitrogen and oxygen atoms in total. The second-order valence-electron chi connectivity index (χ2n) is 3.43. The minimum atomic E-state index is -4.51. The van der Waals surface area contributed by atoms with Gasteiger partial charge in [-0.25, -0.2) is 0 Å². The van der Waals surface area contributed by atoms with Crippen molar-refractivity contribution in [1.29, 1.82) is 5.26 Å². The maximum Gasteiger partial charge on any atom is 0.416 e. The van der Waals surface area contributed by atoms with Gasteiger partial charge in [-0.05, 0) is 18.6 Å². The Bertz CT molecular complexity index is 406. The number of hydrogen-bond acceptors (Lipinski definition) is 2. The molecule has 86 valence electrons. The molecule has 0 saturated carbocycles. The van der Waals surface area contributed by atoms with Gasteiger partial charge in [-0.2, -0.15) is 18.4 Å². The molecule has 1 aromatic carbocycles. The summed E-state index contributed by atoms with van der Waals surface area (Å²) in [4.78, 5) is 0. The van der Waals surface area contributed by atoms with E-state index in [0.717, 1.165) is 6.07 Å². The lowest BCUT2D eigenvalue weighted by molar-refractivity contribution is -0.138. The second kappa shape index (κ2) is 4.54. The van der Waals surface area contributed by atoms with Gasteiger partial charge in [0, 0.05) is 0 Å². The molecule has 0 radical (unpaired) electrons. The summed E-state index contributed by atoms with van der Waals surface area (Å²) in [6, 6.07) is 6.46. The molecular formula is C11H10F3NO. The molecule has 1 N–H and O–H groups in total. The van der Waals surface area contributed by atoms with Gasteiger partial charge in [-0.15, -0.1) is 0 Å². The van der Waals surface area contributed by atoms with E-state index in [1.807, 2.05) is 0 Å². The van der Waals surface area contributed by atoms with Gasteiger partial charge in [0.2, 0.25) is 0 Å². The first-order valence-electron chi connectivity index (χ1n) is 4.61. The zero-order valence-corrected chi connectivity index (χ0v) is 8.49. The minimum absolute atomic E-state index is 0.187. The van der Waals surface area contributed by atoms with Crippen molar-refractivity contribution in [3.05, 3.63) is 35.4 Å².